The first-order valence-corrected chi connectivity index (χ1v) is 11.3. The minimum Gasteiger partial charge on any atom is -0.399 e. The van der Waals surface area contributed by atoms with Crippen LogP contribution in [0.1, 0.15) is 54.5 Å². The SMILES string of the molecule is CON=CC1CC(O)CC(n2cc(Cc3ccc(C4CC4)cc3)c3c(Cl)cccc32)O1. The summed E-state index contributed by atoms with van der Waals surface area (Å²) in [7, 11) is 1.50. The number of aromatic nitrogens is 1. The van der Waals surface area contributed by atoms with E-state index in [-0.39, 0.29) is 12.3 Å². The molecule has 2 aromatic carbocycles. The topological polar surface area (TPSA) is 56.0 Å². The molecule has 1 saturated heterocycles. The maximum atomic E-state index is 10.4. The second kappa shape index (κ2) is 8.65. The van der Waals surface area contributed by atoms with Crippen LogP contribution in [0.4, 0.5) is 0 Å². The summed E-state index contributed by atoms with van der Waals surface area (Å²) < 4.78 is 8.34. The van der Waals surface area contributed by atoms with Crippen LogP contribution in [0.25, 0.3) is 10.9 Å². The van der Waals surface area contributed by atoms with Gasteiger partial charge in [0.05, 0.1) is 22.9 Å². The minimum atomic E-state index is -0.470. The van der Waals surface area contributed by atoms with E-state index in [4.69, 9.17) is 21.2 Å². The molecule has 0 amide bonds. The highest BCUT2D eigenvalue weighted by atomic mass is 35.5. The molecule has 1 N–H and O–H groups in total. The molecule has 1 aliphatic carbocycles. The van der Waals surface area contributed by atoms with Crippen LogP contribution in [-0.2, 0) is 16.0 Å². The van der Waals surface area contributed by atoms with Gasteiger partial charge in [0.2, 0.25) is 0 Å². The Labute approximate surface area is 187 Å². The average Bonchev–Trinajstić information content (AvgIpc) is 3.55. The number of rotatable bonds is 6. The first-order chi connectivity index (χ1) is 15.1. The van der Waals surface area contributed by atoms with Crippen LogP contribution >= 0.6 is 11.6 Å². The zero-order chi connectivity index (χ0) is 21.4. The lowest BCUT2D eigenvalue weighted by molar-refractivity contribution is -0.100. The third-order valence-electron chi connectivity index (χ3n) is 6.26. The average molecular weight is 439 g/mol. The fraction of sp³-hybridized carbons (Fsp3) is 0.400. The number of nitrogens with zero attached hydrogens (tertiary/aromatic N) is 2. The van der Waals surface area contributed by atoms with Crippen LogP contribution < -0.4 is 0 Å². The molecule has 2 aliphatic rings. The van der Waals surface area contributed by atoms with E-state index < -0.39 is 6.10 Å². The van der Waals surface area contributed by atoms with Crippen LogP contribution in [0.3, 0.4) is 0 Å². The van der Waals surface area contributed by atoms with Gasteiger partial charge in [-0.15, -0.1) is 0 Å². The number of hydrogen-bond acceptors (Lipinski definition) is 4. The molecule has 3 atom stereocenters. The Kier molecular flexibility index (Phi) is 5.74. The monoisotopic (exact) mass is 438 g/mol. The Morgan fingerprint density at radius 2 is 2.00 bits per heavy atom. The molecule has 162 valence electrons. The smallest absolute Gasteiger partial charge is 0.137 e. The Bertz CT molecular complexity index is 1090. The van der Waals surface area contributed by atoms with E-state index in [1.807, 2.05) is 12.1 Å². The van der Waals surface area contributed by atoms with Gasteiger partial charge in [-0.2, -0.15) is 0 Å². The Hall–Kier alpha value is -2.34. The van der Waals surface area contributed by atoms with Crippen LogP contribution in [0.15, 0.2) is 53.8 Å². The molecule has 3 unspecified atom stereocenters. The Balaban J connectivity index is 1.47. The molecule has 0 spiro atoms. The number of benzene rings is 2. The van der Waals surface area contributed by atoms with Crippen LogP contribution in [0.5, 0.6) is 0 Å². The fourth-order valence-electron chi connectivity index (χ4n) is 4.58. The summed E-state index contributed by atoms with van der Waals surface area (Å²) in [6.07, 6.45) is 7.09. The van der Waals surface area contributed by atoms with E-state index >= 15 is 0 Å². The van der Waals surface area contributed by atoms with Gasteiger partial charge >= 0.3 is 0 Å². The molecule has 0 bridgehead atoms. The van der Waals surface area contributed by atoms with Crippen LogP contribution in [0.2, 0.25) is 5.02 Å². The van der Waals surface area contributed by atoms with E-state index in [0.717, 1.165) is 33.8 Å². The van der Waals surface area contributed by atoms with E-state index in [1.54, 1.807) is 6.21 Å². The van der Waals surface area contributed by atoms with Crippen molar-refractivity contribution in [2.24, 2.45) is 5.16 Å². The standard InChI is InChI=1S/C25H27ClN2O3/c1-30-27-14-21-12-20(29)13-24(31-21)28-15-19(25-22(26)3-2-4-23(25)28)11-16-5-7-17(8-6-16)18-9-10-18/h2-8,14-15,18,20-21,24,29H,9-13H2,1H3. The van der Waals surface area contributed by atoms with Gasteiger partial charge in [-0.1, -0.05) is 47.1 Å². The van der Waals surface area contributed by atoms with Crippen molar-refractivity contribution in [1.82, 2.24) is 4.57 Å². The molecular formula is C25H27ClN2O3. The number of ether oxygens (including phenoxy) is 1. The second-order valence-corrected chi connectivity index (χ2v) is 8.99. The normalized spacial score (nSPS) is 24.2. The number of oxime groups is 1. The van der Waals surface area contributed by atoms with Gasteiger partial charge in [0.25, 0.3) is 0 Å². The van der Waals surface area contributed by atoms with Crippen molar-refractivity contribution in [3.63, 3.8) is 0 Å². The number of aliphatic hydroxyl groups is 1. The lowest BCUT2D eigenvalue weighted by atomic mass is 10.0. The number of halogens is 1. The van der Waals surface area contributed by atoms with Gasteiger partial charge in [-0.25, -0.2) is 0 Å². The quantitative estimate of drug-likeness (QED) is 0.412. The van der Waals surface area contributed by atoms with Gasteiger partial charge in [-0.3, -0.25) is 0 Å². The molecule has 1 saturated carbocycles. The van der Waals surface area contributed by atoms with Crippen molar-refractivity contribution < 1.29 is 14.7 Å². The predicted molar refractivity (Wildman–Crippen MR) is 123 cm³/mol. The molecule has 6 heteroatoms. The van der Waals surface area contributed by atoms with E-state index in [1.165, 1.54) is 31.1 Å². The second-order valence-electron chi connectivity index (χ2n) is 8.58. The van der Waals surface area contributed by atoms with Crippen molar-refractivity contribution in [2.45, 2.75) is 56.5 Å². The van der Waals surface area contributed by atoms with Gasteiger partial charge in [0, 0.05) is 24.4 Å². The van der Waals surface area contributed by atoms with Gasteiger partial charge < -0.3 is 19.2 Å². The van der Waals surface area contributed by atoms with E-state index in [2.05, 4.69) is 46.3 Å². The fourth-order valence-corrected chi connectivity index (χ4v) is 4.87. The predicted octanol–water partition coefficient (Wildman–Crippen LogP) is 5.43. The highest BCUT2D eigenvalue weighted by Gasteiger charge is 2.30. The summed E-state index contributed by atoms with van der Waals surface area (Å²) in [5.74, 6) is 0.759. The zero-order valence-electron chi connectivity index (χ0n) is 17.6. The summed E-state index contributed by atoms with van der Waals surface area (Å²) in [6.45, 7) is 0. The highest BCUT2D eigenvalue weighted by molar-refractivity contribution is 6.35. The summed E-state index contributed by atoms with van der Waals surface area (Å²) in [5, 5.41) is 16.0. The molecule has 3 aromatic rings. The van der Waals surface area contributed by atoms with Crippen molar-refractivity contribution >= 4 is 28.7 Å². The molecule has 2 heterocycles. The molecule has 5 nitrogen and oxygen atoms in total. The van der Waals surface area contributed by atoms with Crippen molar-refractivity contribution in [3.8, 4) is 0 Å². The van der Waals surface area contributed by atoms with Crippen molar-refractivity contribution in [2.75, 3.05) is 7.11 Å². The first kappa shape index (κ1) is 20.6. The van der Waals surface area contributed by atoms with Crippen molar-refractivity contribution in [3.05, 3.63) is 70.4 Å². The maximum absolute atomic E-state index is 10.4. The summed E-state index contributed by atoms with van der Waals surface area (Å²) in [4.78, 5) is 4.79. The van der Waals surface area contributed by atoms with Gasteiger partial charge in [0.1, 0.15) is 19.4 Å². The molecule has 1 aliphatic heterocycles. The third-order valence-corrected chi connectivity index (χ3v) is 6.58. The van der Waals surface area contributed by atoms with E-state index in [9.17, 15) is 5.11 Å². The number of aliphatic hydroxyl groups excluding tert-OH is 1. The molecule has 5 rings (SSSR count). The summed E-state index contributed by atoms with van der Waals surface area (Å²) >= 11 is 6.64. The zero-order valence-corrected chi connectivity index (χ0v) is 18.3. The largest absolute Gasteiger partial charge is 0.399 e. The summed E-state index contributed by atoms with van der Waals surface area (Å²) in [6, 6.07) is 14.9. The molecule has 0 radical (unpaired) electrons. The van der Waals surface area contributed by atoms with E-state index in [0.29, 0.717) is 12.8 Å². The Morgan fingerprint density at radius 3 is 2.74 bits per heavy atom. The Morgan fingerprint density at radius 1 is 1.19 bits per heavy atom. The first-order valence-electron chi connectivity index (χ1n) is 10.9. The van der Waals surface area contributed by atoms with Crippen LogP contribution in [0, 0.1) is 0 Å². The highest BCUT2D eigenvalue weighted by Crippen LogP contribution is 2.40. The number of fused-ring (bicyclic) bond motifs is 1. The maximum Gasteiger partial charge on any atom is 0.137 e. The molecule has 31 heavy (non-hydrogen) atoms. The lowest BCUT2D eigenvalue weighted by Crippen LogP contribution is -2.34. The molecule has 1 aromatic heterocycles. The molecule has 2 fully saturated rings. The molecular weight excluding hydrogens is 412 g/mol. The van der Waals surface area contributed by atoms with Gasteiger partial charge in [0.15, 0.2) is 0 Å². The summed E-state index contributed by atoms with van der Waals surface area (Å²) in [5.41, 5.74) is 4.87. The third kappa shape index (κ3) is 4.36. The minimum absolute atomic E-state index is 0.302. The number of hydrogen-bond donors (Lipinski definition) is 1. The van der Waals surface area contributed by atoms with Gasteiger partial charge in [-0.05, 0) is 54.0 Å². The van der Waals surface area contributed by atoms with Crippen LogP contribution in [-0.4, -0.2) is 35.2 Å². The van der Waals surface area contributed by atoms with Crippen molar-refractivity contribution in [1.29, 1.82) is 0 Å². The lowest BCUT2D eigenvalue weighted by Gasteiger charge is -2.32.